The molecule has 3 rings (SSSR count). The minimum atomic E-state index is -4.61. The monoisotopic (exact) mass is 412 g/mol. The van der Waals surface area contributed by atoms with E-state index in [1.807, 2.05) is 12.1 Å². The summed E-state index contributed by atoms with van der Waals surface area (Å²) in [6.45, 7) is 2.28. The highest BCUT2D eigenvalue weighted by Gasteiger charge is 2.33. The van der Waals surface area contributed by atoms with Crippen molar-refractivity contribution in [3.63, 3.8) is 0 Å². The van der Waals surface area contributed by atoms with Gasteiger partial charge in [-0.15, -0.1) is 13.2 Å². The number of unbranched alkanes of at least 4 members (excludes halogenated alkanes) is 2. The van der Waals surface area contributed by atoms with Crippen LogP contribution in [0.5, 0.6) is 5.75 Å². The van der Waals surface area contributed by atoms with Crippen LogP contribution < -0.4 is 4.74 Å². The third-order valence-electron chi connectivity index (χ3n) is 7.13. The van der Waals surface area contributed by atoms with Crippen molar-refractivity contribution in [1.29, 1.82) is 0 Å². The quantitative estimate of drug-likeness (QED) is 0.327. The van der Waals surface area contributed by atoms with E-state index in [0.717, 1.165) is 11.5 Å². The highest BCUT2D eigenvalue weighted by Crippen LogP contribution is 2.44. The summed E-state index contributed by atoms with van der Waals surface area (Å²) in [5.74, 6) is 1.40. The second-order valence-electron chi connectivity index (χ2n) is 9.01. The molecule has 0 radical (unpaired) electrons. The lowest BCUT2D eigenvalue weighted by Crippen LogP contribution is -2.29. The Hall–Kier alpha value is -0.973. The minimum absolute atomic E-state index is 0.116. The number of hydrogen-bond donors (Lipinski definition) is 0. The molecule has 2 fully saturated rings. The maximum atomic E-state index is 12.3. The van der Waals surface area contributed by atoms with Gasteiger partial charge in [0, 0.05) is 8.80 Å². The van der Waals surface area contributed by atoms with E-state index >= 15 is 0 Å². The summed E-state index contributed by atoms with van der Waals surface area (Å²) in [6.07, 6.45) is 9.29. The Labute approximate surface area is 169 Å². The number of alkyl halides is 3. The van der Waals surface area contributed by atoms with E-state index in [4.69, 9.17) is 0 Å². The van der Waals surface area contributed by atoms with Crippen molar-refractivity contribution in [2.24, 2.45) is 5.92 Å². The average molecular weight is 413 g/mol. The molecule has 1 saturated heterocycles. The van der Waals surface area contributed by atoms with Crippen LogP contribution >= 0.6 is 0 Å². The van der Waals surface area contributed by atoms with Crippen LogP contribution in [0.1, 0.15) is 82.6 Å². The predicted octanol–water partition coefficient (Wildman–Crippen LogP) is 7.83. The van der Waals surface area contributed by atoms with Crippen molar-refractivity contribution in [3.8, 4) is 5.75 Å². The Bertz CT molecular complexity index is 571. The molecule has 158 valence electrons. The van der Waals surface area contributed by atoms with E-state index in [0.29, 0.717) is 5.92 Å². The van der Waals surface area contributed by atoms with Gasteiger partial charge in [-0.1, -0.05) is 82.5 Å². The second-order valence-corrected chi connectivity index (χ2v) is 12.6. The van der Waals surface area contributed by atoms with E-state index < -0.39 is 15.2 Å². The molecule has 1 aromatic carbocycles. The molecular weight excluding hydrogens is 377 g/mol. The van der Waals surface area contributed by atoms with Gasteiger partial charge in [0.15, 0.2) is 0 Å². The molecule has 0 unspecified atom stereocenters. The molecule has 0 spiro atoms. The normalized spacial score (nSPS) is 28.9. The van der Waals surface area contributed by atoms with E-state index in [1.54, 1.807) is 0 Å². The topological polar surface area (TPSA) is 9.23 Å². The van der Waals surface area contributed by atoms with Crippen LogP contribution in [0.2, 0.25) is 17.6 Å². The molecule has 1 nitrogen and oxygen atoms in total. The van der Waals surface area contributed by atoms with Gasteiger partial charge in [0.05, 0.1) is 0 Å². The molecule has 0 N–H and O–H groups in total. The first-order valence-corrected chi connectivity index (χ1v) is 13.6. The van der Waals surface area contributed by atoms with E-state index in [2.05, 4.69) is 11.7 Å². The van der Waals surface area contributed by atoms with Crippen LogP contribution in [0.25, 0.3) is 0 Å². The summed E-state index contributed by atoms with van der Waals surface area (Å²) in [4.78, 5) is 0. The van der Waals surface area contributed by atoms with Crippen LogP contribution in [0.3, 0.4) is 0 Å². The van der Waals surface area contributed by atoms with Crippen LogP contribution in [-0.4, -0.2) is 15.2 Å². The second kappa shape index (κ2) is 10.2. The summed E-state index contributed by atoms with van der Waals surface area (Å²) >= 11 is 0. The SMILES string of the molecule is CCCCC[C@H]1CC[C@H]([SiH]2CCC(c3ccc(OC(F)(F)F)cc3)CC2)CC1. The number of benzene rings is 1. The Balaban J connectivity index is 1.41. The smallest absolute Gasteiger partial charge is 0.406 e. The van der Waals surface area contributed by atoms with Crippen LogP contribution in [0, 0.1) is 5.92 Å². The lowest BCUT2D eigenvalue weighted by Gasteiger charge is -2.37. The third kappa shape index (κ3) is 6.53. The first-order chi connectivity index (χ1) is 13.4. The lowest BCUT2D eigenvalue weighted by atomic mass is 9.85. The van der Waals surface area contributed by atoms with E-state index in [9.17, 15) is 13.2 Å². The summed E-state index contributed by atoms with van der Waals surface area (Å²) in [5, 5.41) is 0. The summed E-state index contributed by atoms with van der Waals surface area (Å²) < 4.78 is 40.9. The van der Waals surface area contributed by atoms with Gasteiger partial charge >= 0.3 is 6.36 Å². The Morgan fingerprint density at radius 1 is 0.929 bits per heavy atom. The highest BCUT2D eigenvalue weighted by atomic mass is 28.3. The summed E-state index contributed by atoms with van der Waals surface area (Å²) in [5.41, 5.74) is 2.23. The molecule has 1 aromatic rings. The van der Waals surface area contributed by atoms with E-state index in [1.165, 1.54) is 94.0 Å². The van der Waals surface area contributed by atoms with Gasteiger partial charge in [0.2, 0.25) is 0 Å². The molecule has 0 amide bonds. The number of halogens is 3. The van der Waals surface area contributed by atoms with Gasteiger partial charge in [0.25, 0.3) is 0 Å². The molecule has 1 heterocycles. The van der Waals surface area contributed by atoms with Crippen molar-refractivity contribution in [3.05, 3.63) is 29.8 Å². The maximum Gasteiger partial charge on any atom is 0.573 e. The number of rotatable bonds is 7. The third-order valence-corrected chi connectivity index (χ3v) is 11.3. The molecule has 2 aliphatic rings. The molecule has 0 bridgehead atoms. The molecule has 1 aliphatic carbocycles. The van der Waals surface area contributed by atoms with Gasteiger partial charge in [-0.2, -0.15) is 0 Å². The first kappa shape index (κ1) is 21.7. The standard InChI is InChI=1S/C23H35F3OSi/c1-2-3-4-5-18-6-12-22(13-7-18)28-16-14-20(15-17-28)19-8-10-21(11-9-19)27-23(24,25)26/h8-11,18,20,22,28H,2-7,12-17H2,1H3/t18-,20?,22-,28?. The maximum absolute atomic E-state index is 12.3. The fraction of sp³-hybridized carbons (Fsp3) is 0.739. The molecule has 1 aliphatic heterocycles. The zero-order valence-electron chi connectivity index (χ0n) is 17.1. The number of hydrogen-bond acceptors (Lipinski definition) is 1. The summed E-state index contributed by atoms with van der Waals surface area (Å²) in [7, 11) is -0.642. The van der Waals surface area contributed by atoms with Crippen molar-refractivity contribution < 1.29 is 17.9 Å². The van der Waals surface area contributed by atoms with Crippen molar-refractivity contribution in [2.45, 2.75) is 101 Å². The molecular formula is C23H35F3OSi. The van der Waals surface area contributed by atoms with Gasteiger partial charge < -0.3 is 4.74 Å². The molecule has 1 saturated carbocycles. The van der Waals surface area contributed by atoms with Gasteiger partial charge in [-0.05, 0) is 47.9 Å². The predicted molar refractivity (Wildman–Crippen MR) is 112 cm³/mol. The van der Waals surface area contributed by atoms with Gasteiger partial charge in [-0.25, -0.2) is 0 Å². The Morgan fingerprint density at radius 2 is 1.57 bits per heavy atom. The zero-order valence-corrected chi connectivity index (χ0v) is 18.3. The minimum Gasteiger partial charge on any atom is -0.406 e. The van der Waals surface area contributed by atoms with Crippen LogP contribution in [0.15, 0.2) is 24.3 Å². The zero-order chi connectivity index (χ0) is 20.0. The fourth-order valence-electron chi connectivity index (χ4n) is 5.50. The molecule has 0 aromatic heterocycles. The molecule has 28 heavy (non-hydrogen) atoms. The fourth-order valence-corrected chi connectivity index (χ4v) is 9.72. The van der Waals surface area contributed by atoms with Crippen LogP contribution in [0.4, 0.5) is 13.2 Å². The van der Waals surface area contributed by atoms with Gasteiger partial charge in [-0.3, -0.25) is 0 Å². The Morgan fingerprint density at radius 3 is 2.14 bits per heavy atom. The van der Waals surface area contributed by atoms with E-state index in [-0.39, 0.29) is 5.75 Å². The molecule has 5 heteroatoms. The lowest BCUT2D eigenvalue weighted by molar-refractivity contribution is -0.274. The van der Waals surface area contributed by atoms with Crippen molar-refractivity contribution >= 4 is 8.80 Å². The summed E-state index contributed by atoms with van der Waals surface area (Å²) in [6, 6.07) is 9.41. The van der Waals surface area contributed by atoms with Crippen molar-refractivity contribution in [2.75, 3.05) is 0 Å². The number of ether oxygens (including phenoxy) is 1. The van der Waals surface area contributed by atoms with Gasteiger partial charge in [0.1, 0.15) is 5.75 Å². The first-order valence-electron chi connectivity index (χ1n) is 11.3. The average Bonchev–Trinajstić information content (AvgIpc) is 2.68. The van der Waals surface area contributed by atoms with Crippen LogP contribution in [-0.2, 0) is 0 Å². The van der Waals surface area contributed by atoms with Crippen molar-refractivity contribution in [1.82, 2.24) is 0 Å². The molecule has 0 atom stereocenters. The Kier molecular flexibility index (Phi) is 7.90. The largest absolute Gasteiger partial charge is 0.573 e. The highest BCUT2D eigenvalue weighted by molar-refractivity contribution is 6.60.